The number of hydrogen-bond acceptors (Lipinski definition) is 6. The molecule has 0 aliphatic rings. The number of rotatable bonds is 5. The summed E-state index contributed by atoms with van der Waals surface area (Å²) in [6.07, 6.45) is 1.52. The molecule has 0 radical (unpaired) electrons. The van der Waals surface area contributed by atoms with Crippen LogP contribution in [0.15, 0.2) is 28.9 Å². The van der Waals surface area contributed by atoms with Gasteiger partial charge < -0.3 is 14.5 Å². The minimum Gasteiger partial charge on any atom is -0.490 e. The van der Waals surface area contributed by atoms with E-state index in [0.29, 0.717) is 18.0 Å². The fourth-order valence-corrected chi connectivity index (χ4v) is 1.67. The molecule has 0 spiro atoms. The van der Waals surface area contributed by atoms with Crippen molar-refractivity contribution in [1.82, 2.24) is 10.3 Å². The molecule has 1 N–H and O–H groups in total. The molecule has 1 heterocycles. The molecule has 100 valence electrons. The van der Waals surface area contributed by atoms with Crippen LogP contribution in [0.3, 0.4) is 0 Å². The maximum atomic E-state index is 10.9. The minimum atomic E-state index is -0.500. The summed E-state index contributed by atoms with van der Waals surface area (Å²) in [7, 11) is 3.19. The number of nitro groups is 1. The van der Waals surface area contributed by atoms with Crippen molar-refractivity contribution < 1.29 is 14.1 Å². The molecule has 0 atom stereocenters. The fraction of sp³-hybridized carbons (Fsp3) is 0.250. The predicted octanol–water partition coefficient (Wildman–Crippen LogP) is 1.98. The van der Waals surface area contributed by atoms with Gasteiger partial charge in [-0.3, -0.25) is 10.1 Å². The van der Waals surface area contributed by atoms with E-state index in [4.69, 9.17) is 9.15 Å². The van der Waals surface area contributed by atoms with Crippen molar-refractivity contribution in [2.24, 2.45) is 0 Å². The molecule has 2 aromatic rings. The van der Waals surface area contributed by atoms with Crippen molar-refractivity contribution in [3.8, 4) is 17.2 Å². The average molecular weight is 263 g/mol. The first-order valence-corrected chi connectivity index (χ1v) is 5.57. The normalized spacial score (nSPS) is 10.4. The number of methoxy groups -OCH3 is 1. The SMILES string of the molecule is CNCc1coc(-c2ccc(OC)c([N+](=O)[O-])c2)n1. The standard InChI is InChI=1S/C12H13N3O4/c1-13-6-9-7-19-12(14-9)8-3-4-11(18-2)10(5-8)15(16)17/h3-5,7,13H,6H2,1-2H3. The van der Waals surface area contributed by atoms with Crippen molar-refractivity contribution in [2.75, 3.05) is 14.2 Å². The lowest BCUT2D eigenvalue weighted by Gasteiger charge is -2.02. The summed E-state index contributed by atoms with van der Waals surface area (Å²) in [5.74, 6) is 0.548. The number of nitro benzene ring substituents is 1. The summed E-state index contributed by atoms with van der Waals surface area (Å²) in [5, 5.41) is 13.9. The highest BCUT2D eigenvalue weighted by Gasteiger charge is 2.17. The highest BCUT2D eigenvalue weighted by Crippen LogP contribution is 2.31. The molecule has 0 saturated carbocycles. The number of nitrogens with one attached hydrogen (secondary N) is 1. The second kappa shape index (κ2) is 5.49. The third-order valence-corrected chi connectivity index (χ3v) is 2.53. The van der Waals surface area contributed by atoms with Gasteiger partial charge in [0.25, 0.3) is 0 Å². The van der Waals surface area contributed by atoms with Gasteiger partial charge in [-0.1, -0.05) is 0 Å². The van der Waals surface area contributed by atoms with Gasteiger partial charge in [-0.25, -0.2) is 4.98 Å². The first-order valence-electron chi connectivity index (χ1n) is 5.57. The first kappa shape index (κ1) is 13.0. The molecule has 0 saturated heterocycles. The Morgan fingerprint density at radius 1 is 1.53 bits per heavy atom. The van der Waals surface area contributed by atoms with E-state index in [9.17, 15) is 10.1 Å². The molecule has 19 heavy (non-hydrogen) atoms. The maximum absolute atomic E-state index is 10.9. The van der Waals surface area contributed by atoms with Crippen LogP contribution in [0.1, 0.15) is 5.69 Å². The number of benzene rings is 1. The molecule has 1 aromatic carbocycles. The second-order valence-electron chi connectivity index (χ2n) is 3.82. The van der Waals surface area contributed by atoms with E-state index in [-0.39, 0.29) is 11.4 Å². The van der Waals surface area contributed by atoms with Gasteiger partial charge in [0.05, 0.1) is 17.7 Å². The molecular weight excluding hydrogens is 250 g/mol. The molecular formula is C12H13N3O4. The molecule has 2 rings (SSSR count). The zero-order valence-electron chi connectivity index (χ0n) is 10.5. The fourth-order valence-electron chi connectivity index (χ4n) is 1.67. The monoisotopic (exact) mass is 263 g/mol. The maximum Gasteiger partial charge on any atom is 0.311 e. The van der Waals surface area contributed by atoms with Gasteiger partial charge >= 0.3 is 5.69 Å². The number of nitrogens with zero attached hydrogens (tertiary/aromatic N) is 2. The first-order chi connectivity index (χ1) is 9.15. The molecule has 0 bridgehead atoms. The Labute approximate surface area is 109 Å². The van der Waals surface area contributed by atoms with Crippen LogP contribution < -0.4 is 10.1 Å². The number of aromatic nitrogens is 1. The zero-order chi connectivity index (χ0) is 13.8. The summed E-state index contributed by atoms with van der Waals surface area (Å²) in [4.78, 5) is 14.7. The van der Waals surface area contributed by atoms with Crippen molar-refractivity contribution in [2.45, 2.75) is 6.54 Å². The smallest absolute Gasteiger partial charge is 0.311 e. The van der Waals surface area contributed by atoms with E-state index in [0.717, 1.165) is 5.69 Å². The van der Waals surface area contributed by atoms with E-state index in [1.165, 1.54) is 25.5 Å². The number of oxazole rings is 1. The number of hydrogen-bond donors (Lipinski definition) is 1. The van der Waals surface area contributed by atoms with E-state index in [1.54, 1.807) is 13.1 Å². The topological polar surface area (TPSA) is 90.4 Å². The quantitative estimate of drug-likeness (QED) is 0.655. The highest BCUT2D eigenvalue weighted by molar-refractivity contribution is 5.62. The molecule has 1 aromatic heterocycles. The van der Waals surface area contributed by atoms with E-state index in [1.807, 2.05) is 0 Å². The lowest BCUT2D eigenvalue weighted by atomic mass is 10.2. The van der Waals surface area contributed by atoms with Gasteiger partial charge in [-0.2, -0.15) is 0 Å². The van der Waals surface area contributed by atoms with Gasteiger partial charge in [-0.15, -0.1) is 0 Å². The van der Waals surface area contributed by atoms with Crippen LogP contribution in [-0.2, 0) is 6.54 Å². The molecule has 0 aliphatic heterocycles. The van der Waals surface area contributed by atoms with Crippen molar-refractivity contribution in [3.05, 3.63) is 40.3 Å². The molecule has 7 heteroatoms. The van der Waals surface area contributed by atoms with Gasteiger partial charge in [-0.05, 0) is 19.2 Å². The van der Waals surface area contributed by atoms with Crippen LogP contribution in [0.2, 0.25) is 0 Å². The van der Waals surface area contributed by atoms with Gasteiger partial charge in [0, 0.05) is 18.2 Å². The average Bonchev–Trinajstić information content (AvgIpc) is 2.87. The van der Waals surface area contributed by atoms with Crippen LogP contribution in [-0.4, -0.2) is 24.1 Å². The molecule has 7 nitrogen and oxygen atoms in total. The molecule has 0 aliphatic carbocycles. The van der Waals surface area contributed by atoms with Crippen LogP contribution >= 0.6 is 0 Å². The zero-order valence-corrected chi connectivity index (χ0v) is 10.5. The van der Waals surface area contributed by atoms with Crippen LogP contribution in [0.4, 0.5) is 5.69 Å². The van der Waals surface area contributed by atoms with E-state index >= 15 is 0 Å². The van der Waals surface area contributed by atoms with E-state index < -0.39 is 4.92 Å². The Hall–Kier alpha value is -2.41. The summed E-state index contributed by atoms with van der Waals surface area (Å²) in [6.45, 7) is 0.571. The van der Waals surface area contributed by atoms with Gasteiger partial charge in [0.15, 0.2) is 5.75 Å². The van der Waals surface area contributed by atoms with Crippen LogP contribution in [0.5, 0.6) is 5.75 Å². The third kappa shape index (κ3) is 2.71. The Morgan fingerprint density at radius 2 is 2.32 bits per heavy atom. The van der Waals surface area contributed by atoms with Crippen molar-refractivity contribution in [3.63, 3.8) is 0 Å². The number of ether oxygens (including phenoxy) is 1. The summed E-state index contributed by atoms with van der Waals surface area (Å²) < 4.78 is 10.2. The Morgan fingerprint density at radius 3 is 2.95 bits per heavy atom. The lowest BCUT2D eigenvalue weighted by Crippen LogP contribution is -2.04. The molecule has 0 amide bonds. The van der Waals surface area contributed by atoms with Crippen molar-refractivity contribution >= 4 is 5.69 Å². The minimum absolute atomic E-state index is 0.117. The Bertz CT molecular complexity index is 594. The summed E-state index contributed by atoms with van der Waals surface area (Å²) in [6, 6.07) is 4.57. The predicted molar refractivity (Wildman–Crippen MR) is 67.9 cm³/mol. The molecule has 0 fully saturated rings. The van der Waals surface area contributed by atoms with Crippen LogP contribution in [0, 0.1) is 10.1 Å². The van der Waals surface area contributed by atoms with Gasteiger partial charge in [0.1, 0.15) is 6.26 Å². The third-order valence-electron chi connectivity index (χ3n) is 2.53. The Balaban J connectivity index is 2.39. The van der Waals surface area contributed by atoms with E-state index in [2.05, 4.69) is 10.3 Å². The van der Waals surface area contributed by atoms with Gasteiger partial charge in [0.2, 0.25) is 5.89 Å². The lowest BCUT2D eigenvalue weighted by molar-refractivity contribution is -0.385. The highest BCUT2D eigenvalue weighted by atomic mass is 16.6. The molecule has 0 unspecified atom stereocenters. The summed E-state index contributed by atoms with van der Waals surface area (Å²) in [5.41, 5.74) is 1.15. The summed E-state index contributed by atoms with van der Waals surface area (Å²) >= 11 is 0. The largest absolute Gasteiger partial charge is 0.490 e. The van der Waals surface area contributed by atoms with Crippen LogP contribution in [0.25, 0.3) is 11.5 Å². The van der Waals surface area contributed by atoms with Crippen molar-refractivity contribution in [1.29, 1.82) is 0 Å². The Kier molecular flexibility index (Phi) is 3.76. The second-order valence-corrected chi connectivity index (χ2v) is 3.82.